The highest BCUT2D eigenvalue weighted by Gasteiger charge is 2.26. The molecule has 4 nitrogen and oxygen atoms in total. The molecule has 1 rings (SSSR count). The number of amides is 2. The van der Waals surface area contributed by atoms with Crippen LogP contribution < -0.4 is 0 Å². The van der Waals surface area contributed by atoms with Crippen LogP contribution in [-0.2, 0) is 0 Å². The Morgan fingerprint density at radius 2 is 2.07 bits per heavy atom. The van der Waals surface area contributed by atoms with E-state index in [1.54, 1.807) is 4.90 Å². The zero-order chi connectivity index (χ0) is 11.4. The van der Waals surface area contributed by atoms with Gasteiger partial charge in [-0.25, -0.2) is 4.79 Å². The lowest BCUT2D eigenvalue weighted by Crippen LogP contribution is -2.47. The molecule has 0 bridgehead atoms. The summed E-state index contributed by atoms with van der Waals surface area (Å²) in [4.78, 5) is 18.0. The van der Waals surface area contributed by atoms with Crippen LogP contribution in [0.4, 0.5) is 4.79 Å². The molecule has 0 radical (unpaired) electrons. The number of rotatable bonds is 1. The number of carbonyl (C=O) groups excluding carboxylic acids is 1. The Balaban J connectivity index is 2.70. The molecule has 88 valence electrons. The maximum Gasteiger partial charge on any atom is 0.319 e. The van der Waals surface area contributed by atoms with E-state index >= 15 is 0 Å². The molecule has 1 aliphatic heterocycles. The highest BCUT2D eigenvalue weighted by molar-refractivity contribution is 5.74. The van der Waals surface area contributed by atoms with Crippen LogP contribution in [0.3, 0.4) is 0 Å². The van der Waals surface area contributed by atoms with Gasteiger partial charge < -0.3 is 14.7 Å². The summed E-state index contributed by atoms with van der Waals surface area (Å²) >= 11 is 0. The van der Waals surface area contributed by atoms with Crippen LogP contribution in [0.1, 0.15) is 19.8 Å². The summed E-state index contributed by atoms with van der Waals surface area (Å²) in [5.41, 5.74) is 0. The SMILES string of the molecule is CCC1CN(C)CCCN1C(=O)N(C)C. The number of hydrogen-bond acceptors (Lipinski definition) is 2. The third kappa shape index (κ3) is 3.09. The summed E-state index contributed by atoms with van der Waals surface area (Å²) < 4.78 is 0. The molecule has 1 heterocycles. The lowest BCUT2D eigenvalue weighted by atomic mass is 10.2. The summed E-state index contributed by atoms with van der Waals surface area (Å²) in [6.07, 6.45) is 2.11. The number of urea groups is 1. The molecule has 1 saturated heterocycles. The van der Waals surface area contributed by atoms with Crippen LogP contribution >= 0.6 is 0 Å². The molecule has 0 aromatic heterocycles. The first-order valence-electron chi connectivity index (χ1n) is 5.72. The molecule has 0 saturated carbocycles. The average Bonchev–Trinajstić information content (AvgIpc) is 2.38. The van der Waals surface area contributed by atoms with Crippen LogP contribution in [0.2, 0.25) is 0 Å². The fraction of sp³-hybridized carbons (Fsp3) is 0.909. The van der Waals surface area contributed by atoms with Gasteiger partial charge >= 0.3 is 6.03 Å². The molecule has 0 aromatic carbocycles. The summed E-state index contributed by atoms with van der Waals surface area (Å²) in [7, 11) is 5.78. The molecule has 1 aliphatic rings. The Morgan fingerprint density at radius 3 is 2.60 bits per heavy atom. The van der Waals surface area contributed by atoms with E-state index < -0.39 is 0 Å². The highest BCUT2D eigenvalue weighted by Crippen LogP contribution is 2.13. The second kappa shape index (κ2) is 5.35. The zero-order valence-corrected chi connectivity index (χ0v) is 10.4. The van der Waals surface area contributed by atoms with E-state index in [4.69, 9.17) is 0 Å². The normalized spacial score (nSPS) is 23.7. The van der Waals surface area contributed by atoms with Gasteiger partial charge in [-0.2, -0.15) is 0 Å². The second-order valence-corrected chi connectivity index (χ2v) is 4.55. The molecule has 1 unspecified atom stereocenters. The summed E-state index contributed by atoms with van der Waals surface area (Å²) in [6, 6.07) is 0.518. The Morgan fingerprint density at radius 1 is 1.40 bits per heavy atom. The van der Waals surface area contributed by atoms with Crippen molar-refractivity contribution in [3.63, 3.8) is 0 Å². The third-order valence-corrected chi connectivity index (χ3v) is 3.00. The van der Waals surface area contributed by atoms with E-state index in [0.717, 1.165) is 32.5 Å². The van der Waals surface area contributed by atoms with Crippen molar-refractivity contribution in [1.82, 2.24) is 14.7 Å². The van der Waals surface area contributed by atoms with E-state index in [9.17, 15) is 4.79 Å². The van der Waals surface area contributed by atoms with Crippen molar-refractivity contribution in [3.05, 3.63) is 0 Å². The molecule has 0 spiro atoms. The number of carbonyl (C=O) groups is 1. The van der Waals surface area contributed by atoms with Crippen molar-refractivity contribution in [2.45, 2.75) is 25.8 Å². The Hall–Kier alpha value is -0.770. The van der Waals surface area contributed by atoms with Crippen LogP contribution in [0, 0.1) is 0 Å². The molecular weight excluding hydrogens is 190 g/mol. The lowest BCUT2D eigenvalue weighted by molar-refractivity contribution is 0.146. The van der Waals surface area contributed by atoms with Gasteiger partial charge in [0.15, 0.2) is 0 Å². The lowest BCUT2D eigenvalue weighted by Gasteiger charge is -2.32. The van der Waals surface area contributed by atoms with E-state index in [1.165, 1.54) is 0 Å². The Kier molecular flexibility index (Phi) is 4.39. The predicted molar refractivity (Wildman–Crippen MR) is 62.0 cm³/mol. The van der Waals surface area contributed by atoms with Crippen LogP contribution in [0.15, 0.2) is 0 Å². The second-order valence-electron chi connectivity index (χ2n) is 4.55. The zero-order valence-electron chi connectivity index (χ0n) is 10.4. The molecule has 0 aliphatic carbocycles. The smallest absolute Gasteiger partial charge is 0.319 e. The van der Waals surface area contributed by atoms with Gasteiger partial charge in [0.25, 0.3) is 0 Å². The Bertz CT molecular complexity index is 218. The first-order valence-corrected chi connectivity index (χ1v) is 5.72. The molecule has 15 heavy (non-hydrogen) atoms. The number of hydrogen-bond donors (Lipinski definition) is 0. The minimum Gasteiger partial charge on any atom is -0.331 e. The first kappa shape index (κ1) is 12.3. The van der Waals surface area contributed by atoms with Crippen molar-refractivity contribution in [3.8, 4) is 0 Å². The predicted octanol–water partition coefficient (Wildman–Crippen LogP) is 1.08. The minimum absolute atomic E-state index is 0.150. The molecule has 2 amide bonds. The van der Waals surface area contributed by atoms with Gasteiger partial charge in [0.05, 0.1) is 0 Å². The van der Waals surface area contributed by atoms with Crippen molar-refractivity contribution < 1.29 is 4.79 Å². The van der Waals surface area contributed by atoms with E-state index in [-0.39, 0.29) is 6.03 Å². The fourth-order valence-electron chi connectivity index (χ4n) is 2.10. The fourth-order valence-corrected chi connectivity index (χ4v) is 2.10. The topological polar surface area (TPSA) is 26.8 Å². The van der Waals surface area contributed by atoms with Gasteiger partial charge in [0, 0.05) is 33.2 Å². The van der Waals surface area contributed by atoms with Crippen LogP contribution in [0.25, 0.3) is 0 Å². The first-order chi connectivity index (χ1) is 7.06. The minimum atomic E-state index is 0.150. The maximum atomic E-state index is 12.0. The molecule has 4 heteroatoms. The molecular formula is C11H23N3O. The van der Waals surface area contributed by atoms with Gasteiger partial charge in [0.2, 0.25) is 0 Å². The highest BCUT2D eigenvalue weighted by atomic mass is 16.2. The average molecular weight is 213 g/mol. The summed E-state index contributed by atoms with van der Waals surface area (Å²) in [5, 5.41) is 0. The van der Waals surface area contributed by atoms with Gasteiger partial charge in [-0.15, -0.1) is 0 Å². The standard InChI is InChI=1S/C11H23N3O/c1-5-10-9-13(4)7-6-8-14(10)11(15)12(2)3/h10H,5-9H2,1-4H3. The maximum absolute atomic E-state index is 12.0. The Labute approximate surface area is 92.8 Å². The number of likely N-dealkylation sites (N-methyl/N-ethyl adjacent to an activating group) is 1. The van der Waals surface area contributed by atoms with Gasteiger partial charge in [-0.3, -0.25) is 0 Å². The van der Waals surface area contributed by atoms with Gasteiger partial charge in [0.1, 0.15) is 0 Å². The van der Waals surface area contributed by atoms with Crippen molar-refractivity contribution in [2.75, 3.05) is 40.8 Å². The van der Waals surface area contributed by atoms with Gasteiger partial charge in [-0.05, 0) is 26.4 Å². The third-order valence-electron chi connectivity index (χ3n) is 3.00. The summed E-state index contributed by atoms with van der Waals surface area (Å²) in [6.45, 7) is 5.13. The monoisotopic (exact) mass is 213 g/mol. The summed E-state index contributed by atoms with van der Waals surface area (Å²) in [5.74, 6) is 0. The van der Waals surface area contributed by atoms with Crippen LogP contribution in [0.5, 0.6) is 0 Å². The van der Waals surface area contributed by atoms with Crippen molar-refractivity contribution >= 4 is 6.03 Å². The van der Waals surface area contributed by atoms with Crippen molar-refractivity contribution in [2.24, 2.45) is 0 Å². The molecule has 1 atom stereocenters. The largest absolute Gasteiger partial charge is 0.331 e. The molecule has 0 N–H and O–H groups in total. The molecule has 1 fully saturated rings. The van der Waals surface area contributed by atoms with E-state index in [1.807, 2.05) is 19.0 Å². The van der Waals surface area contributed by atoms with Crippen molar-refractivity contribution in [1.29, 1.82) is 0 Å². The van der Waals surface area contributed by atoms with E-state index in [0.29, 0.717) is 6.04 Å². The quantitative estimate of drug-likeness (QED) is 0.652. The molecule has 0 aromatic rings. The number of nitrogens with zero attached hydrogens (tertiary/aromatic N) is 3. The van der Waals surface area contributed by atoms with E-state index in [2.05, 4.69) is 18.9 Å². The van der Waals surface area contributed by atoms with Crippen LogP contribution in [-0.4, -0.2) is 67.5 Å². The van der Waals surface area contributed by atoms with Gasteiger partial charge in [-0.1, -0.05) is 6.92 Å².